The first-order chi connectivity index (χ1) is 8.24. The summed E-state index contributed by atoms with van der Waals surface area (Å²) in [5.41, 5.74) is 2.60. The number of rotatable bonds is 2. The first kappa shape index (κ1) is 11.5. The van der Waals surface area contributed by atoms with E-state index in [9.17, 15) is 0 Å². The number of benzene rings is 2. The second kappa shape index (κ2) is 4.90. The van der Waals surface area contributed by atoms with Crippen molar-refractivity contribution in [1.82, 2.24) is 0 Å². The molecule has 0 spiro atoms. The fourth-order valence-corrected chi connectivity index (χ4v) is 1.79. The highest BCUT2D eigenvalue weighted by Crippen LogP contribution is 2.32. The van der Waals surface area contributed by atoms with Crippen LogP contribution >= 0.6 is 11.6 Å². The number of hydrogen-bond acceptors (Lipinski definition) is 2. The van der Waals surface area contributed by atoms with Gasteiger partial charge in [-0.05, 0) is 35.9 Å². The van der Waals surface area contributed by atoms with Gasteiger partial charge in [-0.2, -0.15) is 5.26 Å². The lowest BCUT2D eigenvalue weighted by Gasteiger charge is -2.08. The van der Waals surface area contributed by atoms with Crippen LogP contribution in [-0.4, -0.2) is 7.11 Å². The molecule has 0 amide bonds. The molecule has 0 atom stereocenters. The zero-order valence-electron chi connectivity index (χ0n) is 9.27. The van der Waals surface area contributed by atoms with Gasteiger partial charge in [0.1, 0.15) is 5.75 Å². The Kier molecular flexibility index (Phi) is 3.32. The van der Waals surface area contributed by atoms with Crippen LogP contribution in [0.5, 0.6) is 5.75 Å². The minimum atomic E-state index is 0.638. The Morgan fingerprint density at radius 2 is 1.82 bits per heavy atom. The van der Waals surface area contributed by atoms with Crippen molar-refractivity contribution in [3.05, 3.63) is 53.1 Å². The predicted octanol–water partition coefficient (Wildman–Crippen LogP) is 3.89. The maximum absolute atomic E-state index is 8.74. The summed E-state index contributed by atoms with van der Waals surface area (Å²) in [6.07, 6.45) is 0. The summed E-state index contributed by atoms with van der Waals surface area (Å²) in [5, 5.41) is 9.38. The monoisotopic (exact) mass is 243 g/mol. The van der Waals surface area contributed by atoms with E-state index in [0.717, 1.165) is 16.9 Å². The first-order valence-corrected chi connectivity index (χ1v) is 5.46. The number of halogens is 1. The molecule has 0 fully saturated rings. The van der Waals surface area contributed by atoms with Gasteiger partial charge in [-0.15, -0.1) is 0 Å². The van der Waals surface area contributed by atoms with Crippen LogP contribution in [0.15, 0.2) is 42.5 Å². The van der Waals surface area contributed by atoms with E-state index in [2.05, 4.69) is 6.07 Å². The number of nitriles is 1. The summed E-state index contributed by atoms with van der Waals surface area (Å²) in [4.78, 5) is 0. The third kappa shape index (κ3) is 2.41. The molecule has 2 aromatic rings. The van der Waals surface area contributed by atoms with E-state index >= 15 is 0 Å². The highest BCUT2D eigenvalue weighted by molar-refractivity contribution is 6.30. The molecular weight excluding hydrogens is 234 g/mol. The van der Waals surface area contributed by atoms with Gasteiger partial charge in [0.25, 0.3) is 0 Å². The molecule has 0 bridgehead atoms. The largest absolute Gasteiger partial charge is 0.496 e. The molecule has 0 unspecified atom stereocenters. The van der Waals surface area contributed by atoms with Gasteiger partial charge in [0, 0.05) is 10.6 Å². The van der Waals surface area contributed by atoms with E-state index in [1.54, 1.807) is 25.3 Å². The number of hydrogen-bond donors (Lipinski definition) is 0. The summed E-state index contributed by atoms with van der Waals surface area (Å²) >= 11 is 5.91. The standard InChI is InChI=1S/C14H10ClNO/c1-17-14-8-12(15)6-7-13(14)11-4-2-10(9-16)3-5-11/h2-8H,1H3. The molecule has 0 aromatic heterocycles. The maximum atomic E-state index is 8.74. The van der Waals surface area contributed by atoms with Gasteiger partial charge in [-0.1, -0.05) is 23.7 Å². The molecule has 0 saturated heterocycles. The number of methoxy groups -OCH3 is 1. The van der Waals surface area contributed by atoms with Crippen molar-refractivity contribution in [1.29, 1.82) is 5.26 Å². The van der Waals surface area contributed by atoms with Gasteiger partial charge in [0.2, 0.25) is 0 Å². The summed E-state index contributed by atoms with van der Waals surface area (Å²) in [6, 6.07) is 14.9. The molecule has 0 saturated carbocycles. The Morgan fingerprint density at radius 3 is 2.41 bits per heavy atom. The van der Waals surface area contributed by atoms with E-state index < -0.39 is 0 Å². The Labute approximate surface area is 105 Å². The van der Waals surface area contributed by atoms with Crippen LogP contribution in [0.3, 0.4) is 0 Å². The Bertz CT molecular complexity index is 570. The molecule has 0 heterocycles. The van der Waals surface area contributed by atoms with Crippen LogP contribution in [-0.2, 0) is 0 Å². The smallest absolute Gasteiger partial charge is 0.128 e. The molecule has 0 aliphatic heterocycles. The molecule has 2 rings (SSSR count). The van der Waals surface area contributed by atoms with Crippen LogP contribution in [0.1, 0.15) is 5.56 Å². The lowest BCUT2D eigenvalue weighted by molar-refractivity contribution is 0.416. The van der Waals surface area contributed by atoms with Crippen LogP contribution in [0.2, 0.25) is 5.02 Å². The molecule has 0 aliphatic carbocycles. The van der Waals surface area contributed by atoms with Gasteiger partial charge in [-0.3, -0.25) is 0 Å². The summed E-state index contributed by atoms with van der Waals surface area (Å²) < 4.78 is 5.29. The quantitative estimate of drug-likeness (QED) is 0.802. The molecule has 0 N–H and O–H groups in total. The average molecular weight is 244 g/mol. The molecule has 3 heteroatoms. The van der Waals surface area contributed by atoms with Gasteiger partial charge in [-0.25, -0.2) is 0 Å². The maximum Gasteiger partial charge on any atom is 0.128 e. The third-order valence-corrected chi connectivity index (χ3v) is 2.72. The van der Waals surface area contributed by atoms with E-state index in [4.69, 9.17) is 21.6 Å². The van der Waals surface area contributed by atoms with Crippen molar-refractivity contribution in [3.8, 4) is 22.9 Å². The summed E-state index contributed by atoms with van der Waals surface area (Å²) in [7, 11) is 1.61. The second-order valence-corrected chi connectivity index (χ2v) is 3.97. The SMILES string of the molecule is COc1cc(Cl)ccc1-c1ccc(C#N)cc1. The average Bonchev–Trinajstić information content (AvgIpc) is 2.39. The number of nitrogens with zero attached hydrogens (tertiary/aromatic N) is 1. The summed E-state index contributed by atoms with van der Waals surface area (Å²) in [5.74, 6) is 0.724. The predicted molar refractivity (Wildman–Crippen MR) is 68.2 cm³/mol. The Morgan fingerprint density at radius 1 is 1.12 bits per heavy atom. The van der Waals surface area contributed by atoms with Crippen LogP contribution in [0, 0.1) is 11.3 Å². The fraction of sp³-hybridized carbons (Fsp3) is 0.0714. The van der Waals surface area contributed by atoms with Gasteiger partial charge < -0.3 is 4.74 Å². The molecule has 2 nitrogen and oxygen atoms in total. The topological polar surface area (TPSA) is 33.0 Å². The van der Waals surface area contributed by atoms with E-state index in [0.29, 0.717) is 10.6 Å². The third-order valence-electron chi connectivity index (χ3n) is 2.49. The first-order valence-electron chi connectivity index (χ1n) is 5.08. The Balaban J connectivity index is 2.49. The Hall–Kier alpha value is -1.98. The minimum absolute atomic E-state index is 0.638. The van der Waals surface area contributed by atoms with Crippen molar-refractivity contribution in [3.63, 3.8) is 0 Å². The molecule has 2 aromatic carbocycles. The normalized spacial score (nSPS) is 9.71. The zero-order chi connectivity index (χ0) is 12.3. The van der Waals surface area contributed by atoms with Crippen LogP contribution in [0.4, 0.5) is 0 Å². The van der Waals surface area contributed by atoms with Crippen LogP contribution < -0.4 is 4.74 Å². The van der Waals surface area contributed by atoms with Gasteiger partial charge in [0.05, 0.1) is 18.7 Å². The summed E-state index contributed by atoms with van der Waals surface area (Å²) in [6.45, 7) is 0. The van der Waals surface area contributed by atoms with E-state index in [1.165, 1.54) is 0 Å². The van der Waals surface area contributed by atoms with Gasteiger partial charge in [0.15, 0.2) is 0 Å². The fourth-order valence-electron chi connectivity index (χ4n) is 1.63. The van der Waals surface area contributed by atoms with Crippen molar-refractivity contribution in [2.75, 3.05) is 7.11 Å². The lowest BCUT2D eigenvalue weighted by atomic mass is 10.0. The van der Waals surface area contributed by atoms with Crippen molar-refractivity contribution < 1.29 is 4.74 Å². The minimum Gasteiger partial charge on any atom is -0.496 e. The molecule has 84 valence electrons. The highest BCUT2D eigenvalue weighted by atomic mass is 35.5. The highest BCUT2D eigenvalue weighted by Gasteiger charge is 2.06. The molecule has 0 radical (unpaired) electrons. The molecule has 0 aliphatic rings. The van der Waals surface area contributed by atoms with Gasteiger partial charge >= 0.3 is 0 Å². The van der Waals surface area contributed by atoms with Crippen molar-refractivity contribution in [2.45, 2.75) is 0 Å². The van der Waals surface area contributed by atoms with E-state index in [1.807, 2.05) is 24.3 Å². The zero-order valence-corrected chi connectivity index (χ0v) is 10.0. The van der Waals surface area contributed by atoms with Crippen molar-refractivity contribution >= 4 is 11.6 Å². The molecular formula is C14H10ClNO. The van der Waals surface area contributed by atoms with E-state index in [-0.39, 0.29) is 0 Å². The van der Waals surface area contributed by atoms with Crippen LogP contribution in [0.25, 0.3) is 11.1 Å². The number of ether oxygens (including phenoxy) is 1. The second-order valence-electron chi connectivity index (χ2n) is 3.53. The molecule has 17 heavy (non-hydrogen) atoms. The lowest BCUT2D eigenvalue weighted by Crippen LogP contribution is -1.88. The van der Waals surface area contributed by atoms with Crippen molar-refractivity contribution in [2.24, 2.45) is 0 Å².